The number of nitrogens with zero attached hydrogens (tertiary/aromatic N) is 1. The predicted molar refractivity (Wildman–Crippen MR) is 92.0 cm³/mol. The number of rotatable bonds is 7. The molecule has 2 rings (SSSR count). The molecule has 1 heterocycles. The lowest BCUT2D eigenvalue weighted by Gasteiger charge is -2.32. The Hall–Kier alpha value is -1.59. The molecule has 0 atom stereocenters. The van der Waals surface area contributed by atoms with Crippen molar-refractivity contribution in [3.05, 3.63) is 29.8 Å². The minimum absolute atomic E-state index is 0.144. The first-order chi connectivity index (χ1) is 11.1. The Labute approximate surface area is 138 Å². The van der Waals surface area contributed by atoms with E-state index < -0.39 is 5.60 Å². The second kappa shape index (κ2) is 8.31. The van der Waals surface area contributed by atoms with Crippen LogP contribution in [-0.4, -0.2) is 49.5 Å². The molecule has 5 nitrogen and oxygen atoms in total. The number of hydrogen-bond acceptors (Lipinski definition) is 4. The molecule has 0 unspecified atom stereocenters. The molecular formula is C18H28N2O3. The lowest BCUT2D eigenvalue weighted by molar-refractivity contribution is -0.0605. The maximum atomic E-state index is 12.2. The molecule has 2 N–H and O–H groups in total. The molecule has 0 saturated carbocycles. The van der Waals surface area contributed by atoms with E-state index in [2.05, 4.69) is 24.1 Å². The minimum atomic E-state index is -0.839. The van der Waals surface area contributed by atoms with E-state index in [1.807, 2.05) is 24.3 Å². The third kappa shape index (κ3) is 4.94. The van der Waals surface area contributed by atoms with Gasteiger partial charge in [0.1, 0.15) is 0 Å². The number of anilines is 1. The van der Waals surface area contributed by atoms with Crippen LogP contribution in [0.15, 0.2) is 24.3 Å². The summed E-state index contributed by atoms with van der Waals surface area (Å²) in [7, 11) is 0. The van der Waals surface area contributed by atoms with Gasteiger partial charge >= 0.3 is 0 Å². The SMILES string of the molecule is CCCN(CC)c1ccc(C(=O)NCC2(O)CCOCC2)cc1. The Morgan fingerprint density at radius 2 is 1.91 bits per heavy atom. The van der Waals surface area contributed by atoms with Gasteiger partial charge in [0.2, 0.25) is 0 Å². The maximum Gasteiger partial charge on any atom is 0.251 e. The second-order valence-electron chi connectivity index (χ2n) is 6.15. The zero-order valence-electron chi connectivity index (χ0n) is 14.2. The van der Waals surface area contributed by atoms with E-state index in [0.29, 0.717) is 31.6 Å². The van der Waals surface area contributed by atoms with Gasteiger partial charge in [-0.2, -0.15) is 0 Å². The molecule has 1 saturated heterocycles. The molecule has 128 valence electrons. The van der Waals surface area contributed by atoms with Crippen molar-refractivity contribution in [2.75, 3.05) is 37.7 Å². The molecule has 1 fully saturated rings. The first-order valence-electron chi connectivity index (χ1n) is 8.51. The summed E-state index contributed by atoms with van der Waals surface area (Å²) in [5.41, 5.74) is 0.916. The molecule has 0 spiro atoms. The van der Waals surface area contributed by atoms with Crippen LogP contribution in [0.5, 0.6) is 0 Å². The van der Waals surface area contributed by atoms with Crippen LogP contribution in [0.4, 0.5) is 5.69 Å². The molecule has 1 aliphatic heterocycles. The van der Waals surface area contributed by atoms with E-state index in [9.17, 15) is 9.90 Å². The summed E-state index contributed by atoms with van der Waals surface area (Å²) in [6.45, 7) is 7.62. The summed E-state index contributed by atoms with van der Waals surface area (Å²) in [4.78, 5) is 14.5. The molecule has 23 heavy (non-hydrogen) atoms. The Morgan fingerprint density at radius 3 is 2.48 bits per heavy atom. The number of amides is 1. The van der Waals surface area contributed by atoms with Crippen molar-refractivity contribution in [3.63, 3.8) is 0 Å². The van der Waals surface area contributed by atoms with E-state index in [-0.39, 0.29) is 12.5 Å². The van der Waals surface area contributed by atoms with Crippen molar-refractivity contribution in [1.82, 2.24) is 5.32 Å². The lowest BCUT2D eigenvalue weighted by Crippen LogP contribution is -2.46. The number of carbonyl (C=O) groups is 1. The summed E-state index contributed by atoms with van der Waals surface area (Å²) in [6, 6.07) is 7.66. The monoisotopic (exact) mass is 320 g/mol. The fraction of sp³-hybridized carbons (Fsp3) is 0.611. The summed E-state index contributed by atoms with van der Waals surface area (Å²) < 4.78 is 5.25. The quantitative estimate of drug-likeness (QED) is 0.808. The minimum Gasteiger partial charge on any atom is -0.388 e. The average Bonchev–Trinajstić information content (AvgIpc) is 2.58. The van der Waals surface area contributed by atoms with E-state index in [1.54, 1.807) is 0 Å². The highest BCUT2D eigenvalue weighted by Crippen LogP contribution is 2.20. The van der Waals surface area contributed by atoms with Gasteiger partial charge in [-0.25, -0.2) is 0 Å². The first-order valence-corrected chi connectivity index (χ1v) is 8.51. The zero-order valence-corrected chi connectivity index (χ0v) is 14.2. The lowest BCUT2D eigenvalue weighted by atomic mass is 9.94. The Morgan fingerprint density at radius 1 is 1.26 bits per heavy atom. The van der Waals surface area contributed by atoms with Gasteiger partial charge in [-0.15, -0.1) is 0 Å². The molecule has 5 heteroatoms. The summed E-state index contributed by atoms with van der Waals surface area (Å²) in [6.07, 6.45) is 2.22. The second-order valence-corrected chi connectivity index (χ2v) is 6.15. The van der Waals surface area contributed by atoms with Crippen LogP contribution in [-0.2, 0) is 4.74 Å². The molecular weight excluding hydrogens is 292 g/mol. The van der Waals surface area contributed by atoms with E-state index in [0.717, 1.165) is 25.2 Å². The van der Waals surface area contributed by atoms with Crippen LogP contribution < -0.4 is 10.2 Å². The Kier molecular flexibility index (Phi) is 6.42. The molecule has 0 aromatic heterocycles. The summed E-state index contributed by atoms with van der Waals surface area (Å²) in [5, 5.41) is 13.2. The van der Waals surface area contributed by atoms with E-state index in [1.165, 1.54) is 0 Å². The van der Waals surface area contributed by atoms with Gasteiger partial charge in [0.15, 0.2) is 0 Å². The zero-order chi connectivity index (χ0) is 16.7. The van der Waals surface area contributed by atoms with E-state index in [4.69, 9.17) is 4.74 Å². The molecule has 1 aromatic carbocycles. The van der Waals surface area contributed by atoms with Crippen LogP contribution in [0.25, 0.3) is 0 Å². The van der Waals surface area contributed by atoms with Crippen molar-refractivity contribution in [2.45, 2.75) is 38.7 Å². The van der Waals surface area contributed by atoms with Crippen LogP contribution in [0, 0.1) is 0 Å². The Balaban J connectivity index is 1.92. The van der Waals surface area contributed by atoms with Crippen LogP contribution >= 0.6 is 0 Å². The van der Waals surface area contributed by atoms with Gasteiger partial charge in [-0.05, 0) is 37.6 Å². The molecule has 1 amide bonds. The van der Waals surface area contributed by atoms with Crippen LogP contribution in [0.3, 0.4) is 0 Å². The number of carbonyl (C=O) groups excluding carboxylic acids is 1. The summed E-state index contributed by atoms with van der Waals surface area (Å²) >= 11 is 0. The van der Waals surface area contributed by atoms with Gasteiger partial charge in [0.05, 0.1) is 5.60 Å². The van der Waals surface area contributed by atoms with E-state index >= 15 is 0 Å². The topological polar surface area (TPSA) is 61.8 Å². The summed E-state index contributed by atoms with van der Waals surface area (Å²) in [5.74, 6) is -0.144. The number of aliphatic hydroxyl groups is 1. The van der Waals surface area contributed by atoms with Gasteiger partial charge < -0.3 is 20.1 Å². The fourth-order valence-electron chi connectivity index (χ4n) is 2.84. The van der Waals surface area contributed by atoms with Crippen molar-refractivity contribution < 1.29 is 14.6 Å². The standard InChI is InChI=1S/C18H28N2O3/c1-3-11-20(4-2)16-7-5-15(6-8-16)17(21)19-14-18(22)9-12-23-13-10-18/h5-8,22H,3-4,9-14H2,1-2H3,(H,19,21). The number of ether oxygens (including phenoxy) is 1. The van der Waals surface area contributed by atoms with Gasteiger partial charge in [-0.3, -0.25) is 4.79 Å². The van der Waals surface area contributed by atoms with Crippen molar-refractivity contribution in [3.8, 4) is 0 Å². The number of hydrogen-bond donors (Lipinski definition) is 2. The highest BCUT2D eigenvalue weighted by Gasteiger charge is 2.30. The van der Waals surface area contributed by atoms with Crippen molar-refractivity contribution in [1.29, 1.82) is 0 Å². The largest absolute Gasteiger partial charge is 0.388 e. The third-order valence-corrected chi connectivity index (χ3v) is 4.37. The van der Waals surface area contributed by atoms with Crippen molar-refractivity contribution >= 4 is 11.6 Å². The third-order valence-electron chi connectivity index (χ3n) is 4.37. The maximum absolute atomic E-state index is 12.2. The fourth-order valence-corrected chi connectivity index (χ4v) is 2.84. The predicted octanol–water partition coefficient (Wildman–Crippen LogP) is 2.19. The number of benzene rings is 1. The highest BCUT2D eigenvalue weighted by atomic mass is 16.5. The molecule has 0 aliphatic carbocycles. The molecule has 1 aromatic rings. The molecule has 0 radical (unpaired) electrons. The molecule has 0 bridgehead atoms. The highest BCUT2D eigenvalue weighted by molar-refractivity contribution is 5.94. The van der Waals surface area contributed by atoms with Crippen LogP contribution in [0.1, 0.15) is 43.5 Å². The number of nitrogens with one attached hydrogen (secondary N) is 1. The van der Waals surface area contributed by atoms with Crippen LogP contribution in [0.2, 0.25) is 0 Å². The van der Waals surface area contributed by atoms with Crippen molar-refractivity contribution in [2.24, 2.45) is 0 Å². The van der Waals surface area contributed by atoms with Gasteiger partial charge in [0.25, 0.3) is 5.91 Å². The van der Waals surface area contributed by atoms with Gasteiger partial charge in [0, 0.05) is 56.9 Å². The molecule has 1 aliphatic rings. The normalized spacial score (nSPS) is 16.8. The first kappa shape index (κ1) is 17.8. The average molecular weight is 320 g/mol. The van der Waals surface area contributed by atoms with Gasteiger partial charge in [-0.1, -0.05) is 6.92 Å². The smallest absolute Gasteiger partial charge is 0.251 e. The Bertz CT molecular complexity index is 495.